The summed E-state index contributed by atoms with van der Waals surface area (Å²) in [5, 5.41) is 17.6. The van der Waals surface area contributed by atoms with Gasteiger partial charge in [-0.2, -0.15) is 5.10 Å². The average Bonchev–Trinajstić information content (AvgIpc) is 2.77. The Bertz CT molecular complexity index is 574. The topological polar surface area (TPSA) is 89.0 Å². The Balaban J connectivity index is 2.00. The van der Waals surface area contributed by atoms with E-state index < -0.39 is 0 Å². The summed E-state index contributed by atoms with van der Waals surface area (Å²) < 4.78 is 1.68. The number of aliphatic hydroxyl groups excluding tert-OH is 1. The fourth-order valence-corrected chi connectivity index (χ4v) is 2.67. The summed E-state index contributed by atoms with van der Waals surface area (Å²) in [7, 11) is 0. The minimum absolute atomic E-state index is 0.0348. The van der Waals surface area contributed by atoms with Gasteiger partial charge in [0.1, 0.15) is 0 Å². The van der Waals surface area contributed by atoms with Gasteiger partial charge in [-0.1, -0.05) is 0 Å². The SMILES string of the molecule is Nc1nn(CCO)c2nc(C3CCCNC3)ccc12. The standard InChI is InChI=1S/C13H19N5O/c14-12-10-3-4-11(9-2-1-5-15-8-9)16-13(10)18(17-12)6-7-19/h3-4,9,15,19H,1-2,5-8H2,(H2,14,17). The van der Waals surface area contributed by atoms with E-state index in [2.05, 4.69) is 10.4 Å². The molecule has 2 aromatic heterocycles. The molecule has 6 nitrogen and oxygen atoms in total. The summed E-state index contributed by atoms with van der Waals surface area (Å²) >= 11 is 0. The van der Waals surface area contributed by atoms with Crippen LogP contribution >= 0.6 is 0 Å². The fraction of sp³-hybridized carbons (Fsp3) is 0.538. The van der Waals surface area contributed by atoms with Crippen LogP contribution in [0.25, 0.3) is 11.0 Å². The highest BCUT2D eigenvalue weighted by Crippen LogP contribution is 2.25. The number of hydrogen-bond donors (Lipinski definition) is 3. The van der Waals surface area contributed by atoms with E-state index in [9.17, 15) is 0 Å². The molecule has 1 aliphatic rings. The van der Waals surface area contributed by atoms with Crippen molar-refractivity contribution in [3.8, 4) is 0 Å². The average molecular weight is 261 g/mol. The Morgan fingerprint density at radius 3 is 3.11 bits per heavy atom. The second-order valence-corrected chi connectivity index (χ2v) is 4.98. The number of nitrogen functional groups attached to an aromatic ring is 1. The van der Waals surface area contributed by atoms with Crippen molar-refractivity contribution in [1.82, 2.24) is 20.1 Å². The summed E-state index contributed by atoms with van der Waals surface area (Å²) in [5.41, 5.74) is 7.72. The van der Waals surface area contributed by atoms with Crippen LogP contribution in [-0.4, -0.2) is 39.6 Å². The molecule has 1 saturated heterocycles. The fourth-order valence-electron chi connectivity index (χ4n) is 2.67. The number of hydrogen-bond acceptors (Lipinski definition) is 5. The number of nitrogens with two attached hydrogens (primary N) is 1. The van der Waals surface area contributed by atoms with E-state index >= 15 is 0 Å². The maximum absolute atomic E-state index is 9.07. The van der Waals surface area contributed by atoms with E-state index in [-0.39, 0.29) is 6.61 Å². The Labute approximate surface area is 111 Å². The predicted octanol–water partition coefficient (Wildman–Crippen LogP) is 0.473. The first-order valence-electron chi connectivity index (χ1n) is 6.74. The van der Waals surface area contributed by atoms with Crippen molar-refractivity contribution in [2.75, 3.05) is 25.4 Å². The molecule has 0 spiro atoms. The maximum atomic E-state index is 9.07. The van der Waals surface area contributed by atoms with Crippen molar-refractivity contribution in [2.45, 2.75) is 25.3 Å². The van der Waals surface area contributed by atoms with Crippen molar-refractivity contribution >= 4 is 16.9 Å². The van der Waals surface area contributed by atoms with E-state index in [0.717, 1.165) is 36.2 Å². The summed E-state index contributed by atoms with van der Waals surface area (Å²) in [6.07, 6.45) is 2.34. The van der Waals surface area contributed by atoms with Gasteiger partial charge in [-0.25, -0.2) is 9.67 Å². The summed E-state index contributed by atoms with van der Waals surface area (Å²) in [4.78, 5) is 4.71. The maximum Gasteiger partial charge on any atom is 0.160 e. The number of fused-ring (bicyclic) bond motifs is 1. The molecule has 4 N–H and O–H groups in total. The summed E-state index contributed by atoms with van der Waals surface area (Å²) in [6.45, 7) is 2.52. The lowest BCUT2D eigenvalue weighted by Crippen LogP contribution is -2.28. The molecule has 19 heavy (non-hydrogen) atoms. The predicted molar refractivity (Wildman–Crippen MR) is 73.9 cm³/mol. The zero-order valence-corrected chi connectivity index (χ0v) is 10.8. The molecule has 1 aliphatic heterocycles. The number of nitrogens with zero attached hydrogens (tertiary/aromatic N) is 3. The molecule has 3 heterocycles. The van der Waals surface area contributed by atoms with Crippen LogP contribution in [-0.2, 0) is 6.54 Å². The zero-order chi connectivity index (χ0) is 13.2. The van der Waals surface area contributed by atoms with E-state index in [1.165, 1.54) is 6.42 Å². The van der Waals surface area contributed by atoms with Crippen LogP contribution in [0, 0.1) is 0 Å². The minimum Gasteiger partial charge on any atom is -0.394 e. The number of anilines is 1. The van der Waals surface area contributed by atoms with Crippen molar-refractivity contribution in [3.05, 3.63) is 17.8 Å². The second-order valence-electron chi connectivity index (χ2n) is 4.98. The number of pyridine rings is 1. The van der Waals surface area contributed by atoms with Gasteiger partial charge in [0, 0.05) is 18.2 Å². The highest BCUT2D eigenvalue weighted by molar-refractivity contribution is 5.86. The molecule has 1 atom stereocenters. The molecular weight excluding hydrogens is 242 g/mol. The third kappa shape index (κ3) is 2.29. The van der Waals surface area contributed by atoms with Crippen molar-refractivity contribution in [2.24, 2.45) is 0 Å². The van der Waals surface area contributed by atoms with E-state index in [0.29, 0.717) is 18.3 Å². The van der Waals surface area contributed by atoms with Gasteiger partial charge in [-0.15, -0.1) is 0 Å². The van der Waals surface area contributed by atoms with Crippen molar-refractivity contribution < 1.29 is 5.11 Å². The van der Waals surface area contributed by atoms with Gasteiger partial charge in [-0.3, -0.25) is 0 Å². The molecule has 0 aromatic carbocycles. The van der Waals surface area contributed by atoms with Gasteiger partial charge in [0.15, 0.2) is 11.5 Å². The van der Waals surface area contributed by atoms with E-state index in [4.69, 9.17) is 15.8 Å². The Morgan fingerprint density at radius 1 is 1.47 bits per heavy atom. The number of nitrogens with one attached hydrogen (secondary N) is 1. The Hall–Kier alpha value is -1.66. The summed E-state index contributed by atoms with van der Waals surface area (Å²) in [5.74, 6) is 0.932. The van der Waals surface area contributed by atoms with E-state index in [1.54, 1.807) is 4.68 Å². The van der Waals surface area contributed by atoms with Crippen LogP contribution in [0.5, 0.6) is 0 Å². The van der Waals surface area contributed by atoms with Gasteiger partial charge < -0.3 is 16.2 Å². The lowest BCUT2D eigenvalue weighted by atomic mass is 9.95. The number of aromatic nitrogens is 3. The van der Waals surface area contributed by atoms with Gasteiger partial charge in [-0.05, 0) is 31.5 Å². The monoisotopic (exact) mass is 261 g/mol. The number of piperidine rings is 1. The number of rotatable bonds is 3. The first-order chi connectivity index (χ1) is 9.29. The largest absolute Gasteiger partial charge is 0.394 e. The highest BCUT2D eigenvalue weighted by Gasteiger charge is 2.18. The molecule has 0 saturated carbocycles. The third-order valence-electron chi connectivity index (χ3n) is 3.67. The summed E-state index contributed by atoms with van der Waals surface area (Å²) in [6, 6.07) is 4.03. The second kappa shape index (κ2) is 5.14. The molecule has 102 valence electrons. The van der Waals surface area contributed by atoms with E-state index in [1.807, 2.05) is 12.1 Å². The molecule has 1 unspecified atom stereocenters. The molecule has 3 rings (SSSR count). The first kappa shape index (κ1) is 12.4. The molecular formula is C13H19N5O. The lowest BCUT2D eigenvalue weighted by Gasteiger charge is -2.22. The molecule has 2 aromatic rings. The quantitative estimate of drug-likeness (QED) is 0.747. The van der Waals surface area contributed by atoms with Crippen LogP contribution in [0.2, 0.25) is 0 Å². The molecule has 0 amide bonds. The molecule has 0 aliphatic carbocycles. The van der Waals surface area contributed by atoms with Crippen molar-refractivity contribution in [3.63, 3.8) is 0 Å². The highest BCUT2D eigenvalue weighted by atomic mass is 16.3. The van der Waals surface area contributed by atoms with Gasteiger partial charge in [0.05, 0.1) is 18.5 Å². The first-order valence-corrected chi connectivity index (χ1v) is 6.74. The molecule has 6 heteroatoms. The third-order valence-corrected chi connectivity index (χ3v) is 3.67. The van der Waals surface area contributed by atoms with Gasteiger partial charge in [0.25, 0.3) is 0 Å². The van der Waals surface area contributed by atoms with Crippen molar-refractivity contribution in [1.29, 1.82) is 0 Å². The molecule has 0 radical (unpaired) electrons. The van der Waals surface area contributed by atoms with Crippen LogP contribution < -0.4 is 11.1 Å². The minimum atomic E-state index is 0.0348. The number of aliphatic hydroxyl groups is 1. The molecule has 1 fully saturated rings. The zero-order valence-electron chi connectivity index (χ0n) is 10.8. The van der Waals surface area contributed by atoms with Crippen LogP contribution in [0.15, 0.2) is 12.1 Å². The molecule has 0 bridgehead atoms. The van der Waals surface area contributed by atoms with Gasteiger partial charge in [0.2, 0.25) is 0 Å². The Kier molecular flexibility index (Phi) is 3.35. The Morgan fingerprint density at radius 2 is 2.37 bits per heavy atom. The van der Waals surface area contributed by atoms with Crippen LogP contribution in [0.1, 0.15) is 24.5 Å². The normalized spacial score (nSPS) is 19.9. The van der Waals surface area contributed by atoms with Crippen LogP contribution in [0.3, 0.4) is 0 Å². The van der Waals surface area contributed by atoms with Gasteiger partial charge >= 0.3 is 0 Å². The van der Waals surface area contributed by atoms with Crippen LogP contribution in [0.4, 0.5) is 5.82 Å². The smallest absolute Gasteiger partial charge is 0.160 e. The lowest BCUT2D eigenvalue weighted by molar-refractivity contribution is 0.271.